The van der Waals surface area contributed by atoms with E-state index in [1.165, 1.54) is 12.1 Å². The van der Waals surface area contributed by atoms with E-state index in [9.17, 15) is 13.2 Å². The van der Waals surface area contributed by atoms with Crippen molar-refractivity contribution in [2.75, 3.05) is 4.72 Å². The van der Waals surface area contributed by atoms with Crippen LogP contribution in [0.3, 0.4) is 0 Å². The number of nitrogens with two attached hydrogens (primary N) is 1. The number of amides is 1. The number of fused-ring (bicyclic) bond motifs is 1. The number of rotatable bonds is 5. The van der Waals surface area contributed by atoms with Gasteiger partial charge < -0.3 is 10.7 Å². The monoisotopic (exact) mass is 426 g/mol. The van der Waals surface area contributed by atoms with Crippen LogP contribution in [0.4, 0.5) is 5.69 Å². The third-order valence-electron chi connectivity index (χ3n) is 4.30. The fraction of sp³-hybridized carbons (Fsp3) is 0. The smallest absolute Gasteiger partial charge is 0.261 e. The van der Waals surface area contributed by atoms with Crippen molar-refractivity contribution < 1.29 is 13.2 Å². The number of nitrogens with one attached hydrogen (secondary N) is 2. The van der Waals surface area contributed by atoms with Gasteiger partial charge in [0.05, 0.1) is 15.9 Å². The van der Waals surface area contributed by atoms with Crippen LogP contribution in [0.2, 0.25) is 5.02 Å². The van der Waals surface area contributed by atoms with Gasteiger partial charge in [-0.05, 0) is 66.7 Å². The maximum absolute atomic E-state index is 12.6. The van der Waals surface area contributed by atoms with E-state index in [1.54, 1.807) is 54.6 Å². The fourth-order valence-electron chi connectivity index (χ4n) is 2.82. The van der Waals surface area contributed by atoms with Crippen LogP contribution in [0.1, 0.15) is 10.4 Å². The molecule has 0 unspecified atom stereocenters. The maximum Gasteiger partial charge on any atom is 0.261 e. The third kappa shape index (κ3) is 3.94. The normalized spacial score (nSPS) is 11.5. The molecule has 9 heteroatoms. The average Bonchev–Trinajstić information content (AvgIpc) is 3.13. The number of carbonyl (C=O) groups excluding carboxylic acids is 1. The largest absolute Gasteiger partial charge is 0.366 e. The van der Waals surface area contributed by atoms with E-state index in [0.29, 0.717) is 33.2 Å². The summed E-state index contributed by atoms with van der Waals surface area (Å²) in [7, 11) is -3.74. The van der Waals surface area contributed by atoms with Crippen molar-refractivity contribution in [1.29, 1.82) is 0 Å². The molecule has 0 bridgehead atoms. The Kier molecular flexibility index (Phi) is 4.73. The third-order valence-corrected chi connectivity index (χ3v) is 5.95. The van der Waals surface area contributed by atoms with Crippen molar-refractivity contribution in [3.05, 3.63) is 77.3 Å². The summed E-state index contributed by atoms with van der Waals surface area (Å²) < 4.78 is 27.6. The lowest BCUT2D eigenvalue weighted by molar-refractivity contribution is 0.100. The molecule has 0 spiro atoms. The first-order valence-electron chi connectivity index (χ1n) is 8.50. The maximum atomic E-state index is 12.6. The number of primary amides is 1. The molecule has 0 atom stereocenters. The number of hydrogen-bond acceptors (Lipinski definition) is 4. The van der Waals surface area contributed by atoms with Gasteiger partial charge in [0.2, 0.25) is 5.91 Å². The molecule has 29 heavy (non-hydrogen) atoms. The molecule has 0 fully saturated rings. The quantitative estimate of drug-likeness (QED) is 0.450. The molecule has 0 saturated carbocycles. The van der Waals surface area contributed by atoms with Crippen LogP contribution in [0.15, 0.2) is 71.6 Å². The van der Waals surface area contributed by atoms with E-state index < -0.39 is 15.9 Å². The van der Waals surface area contributed by atoms with Crippen molar-refractivity contribution in [2.45, 2.75) is 4.90 Å². The number of nitrogens with zero attached hydrogens (tertiary/aromatic N) is 1. The number of hydrogen-bond donors (Lipinski definition) is 3. The molecule has 0 saturated heterocycles. The van der Waals surface area contributed by atoms with Crippen LogP contribution in [0.25, 0.3) is 22.4 Å². The van der Waals surface area contributed by atoms with Crippen molar-refractivity contribution in [1.82, 2.24) is 9.97 Å². The van der Waals surface area contributed by atoms with E-state index in [2.05, 4.69) is 14.7 Å². The van der Waals surface area contributed by atoms with Crippen LogP contribution in [-0.4, -0.2) is 24.3 Å². The van der Waals surface area contributed by atoms with E-state index in [0.717, 1.165) is 5.52 Å². The van der Waals surface area contributed by atoms with Crippen molar-refractivity contribution in [2.24, 2.45) is 5.73 Å². The molecule has 0 aliphatic heterocycles. The van der Waals surface area contributed by atoms with Gasteiger partial charge in [-0.3, -0.25) is 9.52 Å². The Morgan fingerprint density at radius 2 is 1.69 bits per heavy atom. The first kappa shape index (κ1) is 19.0. The van der Waals surface area contributed by atoms with Crippen molar-refractivity contribution >= 4 is 44.3 Å². The van der Waals surface area contributed by atoms with Crippen LogP contribution < -0.4 is 10.5 Å². The number of aromatic nitrogens is 2. The van der Waals surface area contributed by atoms with Crippen LogP contribution in [0.5, 0.6) is 0 Å². The van der Waals surface area contributed by atoms with Gasteiger partial charge in [-0.15, -0.1) is 0 Å². The van der Waals surface area contributed by atoms with Gasteiger partial charge in [-0.25, -0.2) is 13.4 Å². The molecule has 1 amide bonds. The molecule has 4 aromatic rings. The Morgan fingerprint density at radius 1 is 1.00 bits per heavy atom. The summed E-state index contributed by atoms with van der Waals surface area (Å²) in [5.41, 5.74) is 8.12. The standard InChI is InChI=1S/C20H15ClN4O3S/c21-14-4-6-15(7-5-14)25-29(27,28)16-8-1-12(2-9-16)20-23-17-10-3-13(19(22)26)11-18(17)24-20/h1-11,25H,(H2,22,26)(H,23,24). The number of aromatic amines is 1. The second kappa shape index (κ2) is 7.23. The van der Waals surface area contributed by atoms with Crippen molar-refractivity contribution in [3.63, 3.8) is 0 Å². The first-order chi connectivity index (χ1) is 13.8. The molecule has 146 valence electrons. The molecule has 7 nitrogen and oxygen atoms in total. The number of halogens is 1. The molecule has 4 rings (SSSR count). The first-order valence-corrected chi connectivity index (χ1v) is 10.4. The lowest BCUT2D eigenvalue weighted by Crippen LogP contribution is -2.12. The zero-order chi connectivity index (χ0) is 20.6. The molecule has 1 heterocycles. The Morgan fingerprint density at radius 3 is 2.34 bits per heavy atom. The fourth-order valence-corrected chi connectivity index (χ4v) is 4.00. The van der Waals surface area contributed by atoms with E-state index in [1.807, 2.05) is 0 Å². The minimum absolute atomic E-state index is 0.114. The summed E-state index contributed by atoms with van der Waals surface area (Å²) in [6, 6.07) is 17.6. The molecule has 0 aliphatic carbocycles. The number of benzene rings is 3. The van der Waals surface area contributed by atoms with Crippen molar-refractivity contribution in [3.8, 4) is 11.4 Å². The summed E-state index contributed by atoms with van der Waals surface area (Å²) in [6.07, 6.45) is 0. The number of carbonyl (C=O) groups is 1. The Labute approximate surface area is 171 Å². The highest BCUT2D eigenvalue weighted by atomic mass is 35.5. The number of imidazole rings is 1. The molecule has 3 aromatic carbocycles. The average molecular weight is 427 g/mol. The lowest BCUT2D eigenvalue weighted by Gasteiger charge is -2.08. The number of H-pyrrole nitrogens is 1. The topological polar surface area (TPSA) is 118 Å². The minimum Gasteiger partial charge on any atom is -0.366 e. The SMILES string of the molecule is NC(=O)c1ccc2[nH]c(-c3ccc(S(=O)(=O)Nc4ccc(Cl)cc4)cc3)nc2c1. The van der Waals surface area contributed by atoms with Gasteiger partial charge in [0.15, 0.2) is 0 Å². The zero-order valence-corrected chi connectivity index (χ0v) is 16.5. The Balaban J connectivity index is 1.61. The van der Waals surface area contributed by atoms with Crippen LogP contribution in [-0.2, 0) is 10.0 Å². The predicted molar refractivity (Wildman–Crippen MR) is 112 cm³/mol. The molecule has 4 N–H and O–H groups in total. The highest BCUT2D eigenvalue weighted by Crippen LogP contribution is 2.24. The highest BCUT2D eigenvalue weighted by molar-refractivity contribution is 7.92. The van der Waals surface area contributed by atoms with Crippen LogP contribution >= 0.6 is 11.6 Å². The number of anilines is 1. The summed E-state index contributed by atoms with van der Waals surface area (Å²) in [5, 5.41) is 0.520. The molecule has 0 aliphatic rings. The van der Waals surface area contributed by atoms with E-state index in [-0.39, 0.29) is 4.90 Å². The molecular weight excluding hydrogens is 412 g/mol. The molecule has 0 radical (unpaired) electrons. The van der Waals surface area contributed by atoms with Gasteiger partial charge in [0, 0.05) is 21.8 Å². The zero-order valence-electron chi connectivity index (χ0n) is 14.9. The van der Waals surface area contributed by atoms with E-state index in [4.69, 9.17) is 17.3 Å². The predicted octanol–water partition coefficient (Wildman–Crippen LogP) is 3.78. The second-order valence-corrected chi connectivity index (χ2v) is 8.44. The van der Waals surface area contributed by atoms with Gasteiger partial charge >= 0.3 is 0 Å². The highest BCUT2D eigenvalue weighted by Gasteiger charge is 2.15. The second-order valence-electron chi connectivity index (χ2n) is 6.32. The summed E-state index contributed by atoms with van der Waals surface area (Å²) in [4.78, 5) is 19.0. The molecular formula is C20H15ClN4O3S. The van der Waals surface area contributed by atoms with Gasteiger partial charge in [-0.2, -0.15) is 0 Å². The summed E-state index contributed by atoms with van der Waals surface area (Å²) >= 11 is 5.82. The molecule has 1 aromatic heterocycles. The van der Waals surface area contributed by atoms with Gasteiger partial charge in [0.1, 0.15) is 5.82 Å². The minimum atomic E-state index is -3.74. The Bertz CT molecular complexity index is 1310. The summed E-state index contributed by atoms with van der Waals surface area (Å²) in [6.45, 7) is 0. The van der Waals surface area contributed by atoms with Gasteiger partial charge in [0.25, 0.3) is 10.0 Å². The summed E-state index contributed by atoms with van der Waals surface area (Å²) in [5.74, 6) is 0.0235. The Hall–Kier alpha value is -3.36. The van der Waals surface area contributed by atoms with Gasteiger partial charge in [-0.1, -0.05) is 11.6 Å². The number of sulfonamides is 1. The van der Waals surface area contributed by atoms with Crippen LogP contribution in [0, 0.1) is 0 Å². The van der Waals surface area contributed by atoms with E-state index >= 15 is 0 Å². The lowest BCUT2D eigenvalue weighted by atomic mass is 10.2.